The molecular formula is C28H21NO5. The average molecular weight is 451 g/mol. The Balaban J connectivity index is 1.25. The lowest BCUT2D eigenvalue weighted by Gasteiger charge is -2.45. The van der Waals surface area contributed by atoms with Crippen LogP contribution in [0.5, 0.6) is 0 Å². The molecule has 4 aliphatic rings. The molecule has 168 valence electrons. The molecule has 1 heterocycles. The summed E-state index contributed by atoms with van der Waals surface area (Å²) in [6, 6.07) is 24.5. The topological polar surface area (TPSA) is 80.8 Å². The van der Waals surface area contributed by atoms with Gasteiger partial charge < -0.3 is 4.74 Å². The number of ketones is 1. The Hall–Kier alpha value is -4.06. The van der Waals surface area contributed by atoms with E-state index in [1.54, 1.807) is 30.3 Å². The number of ether oxygens (including phenoxy) is 1. The maximum absolute atomic E-state index is 13.5. The summed E-state index contributed by atoms with van der Waals surface area (Å²) in [4.78, 5) is 52.8. The Morgan fingerprint density at radius 1 is 0.676 bits per heavy atom. The van der Waals surface area contributed by atoms with Crippen LogP contribution in [0.4, 0.5) is 0 Å². The van der Waals surface area contributed by atoms with Gasteiger partial charge in [0.05, 0.1) is 11.8 Å². The fourth-order valence-corrected chi connectivity index (χ4v) is 5.92. The number of hydrogen-bond acceptors (Lipinski definition) is 5. The molecule has 6 heteroatoms. The number of nitrogens with zero attached hydrogens (tertiary/aromatic N) is 1. The number of esters is 1. The molecule has 0 unspecified atom stereocenters. The second kappa shape index (κ2) is 7.76. The third kappa shape index (κ3) is 2.95. The van der Waals surface area contributed by atoms with Crippen molar-refractivity contribution in [2.75, 3.05) is 13.2 Å². The van der Waals surface area contributed by atoms with Gasteiger partial charge in [0.2, 0.25) is 11.8 Å². The van der Waals surface area contributed by atoms with Gasteiger partial charge >= 0.3 is 5.97 Å². The molecule has 3 aromatic rings. The minimum Gasteiger partial charge on any atom is -0.456 e. The highest BCUT2D eigenvalue weighted by Crippen LogP contribution is 2.60. The summed E-state index contributed by atoms with van der Waals surface area (Å²) in [6.45, 7) is -0.924. The van der Waals surface area contributed by atoms with Crippen molar-refractivity contribution < 1.29 is 23.9 Å². The number of benzene rings is 3. The van der Waals surface area contributed by atoms with Gasteiger partial charge in [-0.15, -0.1) is 0 Å². The van der Waals surface area contributed by atoms with Crippen molar-refractivity contribution in [3.63, 3.8) is 0 Å². The SMILES string of the molecule is O=C(CN1C(=O)[C@@H]2C3c4ccccc4C(c4ccccc43)[C@H]2C1=O)OCC(=O)c1ccccc1. The molecule has 2 atom stereocenters. The largest absolute Gasteiger partial charge is 0.456 e. The van der Waals surface area contributed by atoms with Crippen LogP contribution in [0.1, 0.15) is 44.4 Å². The van der Waals surface area contributed by atoms with Crippen LogP contribution in [0.15, 0.2) is 78.9 Å². The second-order valence-corrected chi connectivity index (χ2v) is 8.98. The molecule has 0 aromatic heterocycles. The zero-order valence-corrected chi connectivity index (χ0v) is 18.2. The smallest absolute Gasteiger partial charge is 0.326 e. The van der Waals surface area contributed by atoms with Crippen LogP contribution in [0.2, 0.25) is 0 Å². The number of rotatable bonds is 5. The Morgan fingerprint density at radius 2 is 1.12 bits per heavy atom. The van der Waals surface area contributed by atoms with Crippen LogP contribution in [-0.2, 0) is 19.1 Å². The van der Waals surface area contributed by atoms with Gasteiger partial charge in [-0.2, -0.15) is 0 Å². The molecule has 0 radical (unpaired) electrons. The number of Topliss-reactive ketones (excluding diaryl/α,β-unsaturated/α-hetero) is 1. The van der Waals surface area contributed by atoms with Crippen LogP contribution in [0, 0.1) is 11.8 Å². The van der Waals surface area contributed by atoms with E-state index in [1.807, 2.05) is 48.5 Å². The van der Waals surface area contributed by atoms with Gasteiger partial charge in [0.25, 0.3) is 0 Å². The minimum atomic E-state index is -0.771. The van der Waals surface area contributed by atoms with E-state index >= 15 is 0 Å². The summed E-state index contributed by atoms with van der Waals surface area (Å²) in [5.74, 6) is -3.33. The van der Waals surface area contributed by atoms with Crippen molar-refractivity contribution in [2.24, 2.45) is 11.8 Å². The molecule has 1 fully saturated rings. The quantitative estimate of drug-likeness (QED) is 0.338. The van der Waals surface area contributed by atoms with Crippen molar-refractivity contribution in [2.45, 2.75) is 11.8 Å². The number of hydrogen-bond donors (Lipinski definition) is 0. The lowest BCUT2D eigenvalue weighted by molar-refractivity contribution is -0.152. The molecule has 1 saturated heterocycles. The molecule has 0 spiro atoms. The van der Waals surface area contributed by atoms with Gasteiger partial charge in [-0.3, -0.25) is 24.1 Å². The van der Waals surface area contributed by atoms with Crippen LogP contribution >= 0.6 is 0 Å². The van der Waals surface area contributed by atoms with Crippen LogP contribution < -0.4 is 0 Å². The third-order valence-electron chi connectivity index (χ3n) is 7.29. The Labute approximate surface area is 196 Å². The number of imide groups is 1. The predicted octanol–water partition coefficient (Wildman–Crippen LogP) is 3.30. The first kappa shape index (κ1) is 20.5. The first-order chi connectivity index (χ1) is 16.6. The van der Waals surface area contributed by atoms with Gasteiger partial charge in [-0.05, 0) is 22.3 Å². The molecule has 3 aromatic carbocycles. The summed E-state index contributed by atoms with van der Waals surface area (Å²) in [7, 11) is 0. The Bertz CT molecular complexity index is 1230. The maximum atomic E-state index is 13.5. The Morgan fingerprint density at radius 3 is 1.59 bits per heavy atom. The summed E-state index contributed by atoms with van der Waals surface area (Å²) < 4.78 is 5.13. The van der Waals surface area contributed by atoms with Crippen molar-refractivity contribution in [3.8, 4) is 0 Å². The van der Waals surface area contributed by atoms with Crippen LogP contribution in [-0.4, -0.2) is 41.6 Å². The number of likely N-dealkylation sites (tertiary alicyclic amines) is 1. The molecule has 0 saturated carbocycles. The van der Waals surface area contributed by atoms with Gasteiger partial charge in [0.15, 0.2) is 12.4 Å². The first-order valence-corrected chi connectivity index (χ1v) is 11.3. The predicted molar refractivity (Wildman–Crippen MR) is 122 cm³/mol. The van der Waals surface area contributed by atoms with E-state index in [2.05, 4.69) is 0 Å². The molecule has 6 nitrogen and oxygen atoms in total. The van der Waals surface area contributed by atoms with Crippen LogP contribution in [0.25, 0.3) is 0 Å². The van der Waals surface area contributed by atoms with E-state index in [1.165, 1.54) is 0 Å². The monoisotopic (exact) mass is 451 g/mol. The number of amides is 2. The lowest BCUT2D eigenvalue weighted by atomic mass is 9.55. The molecule has 2 amide bonds. The number of carbonyl (C=O) groups excluding carboxylic acids is 4. The van der Waals surface area contributed by atoms with Crippen molar-refractivity contribution in [1.82, 2.24) is 4.90 Å². The molecule has 3 aliphatic carbocycles. The lowest BCUT2D eigenvalue weighted by Crippen LogP contribution is -2.41. The standard InChI is InChI=1S/C28H21NO5/c30-21(16-8-2-1-3-9-16)15-34-22(31)14-29-27(32)25-23-17-10-4-5-11-18(17)24(26(25)28(29)33)20-13-7-6-12-19(20)23/h1-13,23-26H,14-15H2/t23?,24?,25-,26-/m1/s1. The number of carbonyl (C=O) groups is 4. The molecule has 34 heavy (non-hydrogen) atoms. The fraction of sp³-hybridized carbons (Fsp3) is 0.214. The fourth-order valence-electron chi connectivity index (χ4n) is 5.92. The Kier molecular flexibility index (Phi) is 4.69. The maximum Gasteiger partial charge on any atom is 0.326 e. The summed E-state index contributed by atoms with van der Waals surface area (Å²) in [5.41, 5.74) is 4.73. The zero-order valence-electron chi connectivity index (χ0n) is 18.2. The third-order valence-corrected chi connectivity index (χ3v) is 7.29. The van der Waals surface area contributed by atoms with Crippen molar-refractivity contribution in [3.05, 3.63) is 107 Å². The highest BCUT2D eigenvalue weighted by atomic mass is 16.5. The molecule has 2 bridgehead atoms. The van der Waals surface area contributed by atoms with Gasteiger partial charge in [0.1, 0.15) is 6.54 Å². The average Bonchev–Trinajstić information content (AvgIpc) is 3.13. The van der Waals surface area contributed by atoms with Gasteiger partial charge in [-0.1, -0.05) is 78.9 Å². The summed E-state index contributed by atoms with van der Waals surface area (Å²) in [5, 5.41) is 0. The van der Waals surface area contributed by atoms with Crippen molar-refractivity contribution >= 4 is 23.6 Å². The highest BCUT2D eigenvalue weighted by molar-refractivity contribution is 6.09. The van der Waals surface area contributed by atoms with E-state index in [4.69, 9.17) is 4.74 Å². The van der Waals surface area contributed by atoms with E-state index in [9.17, 15) is 19.2 Å². The molecule has 0 N–H and O–H groups in total. The van der Waals surface area contributed by atoms with Crippen molar-refractivity contribution in [1.29, 1.82) is 0 Å². The van der Waals surface area contributed by atoms with Crippen LogP contribution in [0.3, 0.4) is 0 Å². The molecule has 7 rings (SSSR count). The van der Waals surface area contributed by atoms with E-state index < -0.39 is 31.0 Å². The first-order valence-electron chi connectivity index (χ1n) is 11.3. The van der Waals surface area contributed by atoms with Gasteiger partial charge in [0, 0.05) is 17.4 Å². The van der Waals surface area contributed by atoms with E-state index in [-0.39, 0.29) is 29.4 Å². The minimum absolute atomic E-state index is 0.223. The zero-order chi connectivity index (χ0) is 23.4. The molecular weight excluding hydrogens is 430 g/mol. The van der Waals surface area contributed by atoms with E-state index in [0.29, 0.717) is 5.56 Å². The summed E-state index contributed by atoms with van der Waals surface area (Å²) in [6.07, 6.45) is 0. The van der Waals surface area contributed by atoms with Gasteiger partial charge in [-0.25, -0.2) is 0 Å². The van der Waals surface area contributed by atoms with E-state index in [0.717, 1.165) is 27.2 Å². The molecule has 1 aliphatic heterocycles. The normalized spacial score (nSPS) is 23.8. The summed E-state index contributed by atoms with van der Waals surface area (Å²) >= 11 is 0. The highest BCUT2D eigenvalue weighted by Gasteiger charge is 2.61. The second-order valence-electron chi connectivity index (χ2n) is 8.98.